The molecule has 3 N–H and O–H groups in total. The minimum absolute atomic E-state index is 0.0456. The van der Waals surface area contributed by atoms with Gasteiger partial charge in [0, 0.05) is 5.41 Å². The molecule has 0 aromatic heterocycles. The Morgan fingerprint density at radius 1 is 0.902 bits per heavy atom. The van der Waals surface area contributed by atoms with Crippen molar-refractivity contribution in [3.05, 3.63) is 0 Å². The average Bonchev–Trinajstić information content (AvgIpc) is 3.62. The molecule has 234 valence electrons. The van der Waals surface area contributed by atoms with Crippen molar-refractivity contribution in [1.29, 1.82) is 0 Å². The third-order valence-electron chi connectivity index (χ3n) is 14.8. The van der Waals surface area contributed by atoms with E-state index in [4.69, 9.17) is 9.47 Å². The van der Waals surface area contributed by atoms with Gasteiger partial charge in [-0.2, -0.15) is 0 Å². The van der Waals surface area contributed by atoms with E-state index in [1.807, 2.05) is 13.8 Å². The number of carbonyl (C=O) groups is 1. The van der Waals surface area contributed by atoms with Gasteiger partial charge in [0.05, 0.1) is 23.4 Å². The Kier molecular flexibility index (Phi) is 7.14. The zero-order valence-electron chi connectivity index (χ0n) is 27.2. The smallest absolute Gasteiger partial charge is 0.323 e. The Morgan fingerprint density at radius 3 is 2.24 bits per heavy atom. The number of aliphatic hydroxyl groups is 2. The molecule has 0 unspecified atom stereocenters. The van der Waals surface area contributed by atoms with E-state index in [1.54, 1.807) is 0 Å². The van der Waals surface area contributed by atoms with Gasteiger partial charge in [-0.25, -0.2) is 0 Å². The first-order valence-electron chi connectivity index (χ1n) is 17.0. The number of esters is 1. The van der Waals surface area contributed by atoms with Crippen molar-refractivity contribution < 1.29 is 24.5 Å². The Bertz CT molecular complexity index is 1030. The summed E-state index contributed by atoms with van der Waals surface area (Å²) < 4.78 is 13.0. The van der Waals surface area contributed by atoms with E-state index in [1.165, 1.54) is 6.42 Å². The molecule has 41 heavy (non-hydrogen) atoms. The molecule has 0 aromatic carbocycles. The number of fused-ring (bicyclic) bond motifs is 5. The van der Waals surface area contributed by atoms with Crippen molar-refractivity contribution in [2.45, 2.75) is 162 Å². The molecule has 6 nitrogen and oxygen atoms in total. The van der Waals surface area contributed by atoms with E-state index < -0.39 is 5.60 Å². The molecule has 2 saturated heterocycles. The summed E-state index contributed by atoms with van der Waals surface area (Å²) in [5.74, 6) is 1.38. The first-order chi connectivity index (χ1) is 19.0. The molecule has 6 aliphatic rings. The van der Waals surface area contributed by atoms with Crippen molar-refractivity contribution in [3.8, 4) is 0 Å². The van der Waals surface area contributed by atoms with Gasteiger partial charge in [0.25, 0.3) is 0 Å². The highest BCUT2D eigenvalue weighted by Gasteiger charge is 2.72. The largest absolute Gasteiger partial charge is 0.461 e. The fraction of sp³-hybridized carbons (Fsp3) is 0.971. The van der Waals surface area contributed by atoms with Crippen LogP contribution < -0.4 is 5.32 Å². The number of hydrogen-bond acceptors (Lipinski definition) is 6. The highest BCUT2D eigenvalue weighted by atomic mass is 16.5. The van der Waals surface area contributed by atoms with Crippen LogP contribution in [-0.2, 0) is 14.3 Å². The van der Waals surface area contributed by atoms with Gasteiger partial charge in [0.2, 0.25) is 0 Å². The molecule has 6 heteroatoms. The second-order valence-electron chi connectivity index (χ2n) is 17.5. The molecule has 6 fully saturated rings. The topological polar surface area (TPSA) is 88.0 Å². The second-order valence-corrected chi connectivity index (χ2v) is 17.5. The fourth-order valence-corrected chi connectivity index (χ4v) is 12.4. The Morgan fingerprint density at radius 2 is 1.61 bits per heavy atom. The molecule has 0 bridgehead atoms. The molecule has 2 heterocycles. The number of nitrogens with one attached hydrogen (secondary N) is 1. The SMILES string of the molecule is CC(C)(O)[C@H]1CC[C@@](C)([C@H]2CC[C@]3(C)[C@@H]2[C@H](O)C[C@@H]2[C@@]4(C)CC[C@H](OC(=O)[C@@H]5CCCN5)C(C)(C)[C@@H]4CC[C@]23C)O1. The molecule has 4 aliphatic carbocycles. The zero-order valence-corrected chi connectivity index (χ0v) is 27.2. The van der Waals surface area contributed by atoms with E-state index in [-0.39, 0.29) is 63.5 Å². The molecule has 2 aliphatic heterocycles. The number of hydrogen-bond donors (Lipinski definition) is 3. The van der Waals surface area contributed by atoms with E-state index in [0.29, 0.717) is 17.8 Å². The molecule has 4 saturated carbocycles. The summed E-state index contributed by atoms with van der Waals surface area (Å²) in [5, 5.41) is 26.2. The summed E-state index contributed by atoms with van der Waals surface area (Å²) in [4.78, 5) is 13.0. The van der Waals surface area contributed by atoms with Gasteiger partial charge in [-0.1, -0.05) is 34.6 Å². The van der Waals surface area contributed by atoms with Crippen LogP contribution in [0.25, 0.3) is 0 Å². The van der Waals surface area contributed by atoms with Gasteiger partial charge in [-0.15, -0.1) is 0 Å². The Balaban J connectivity index is 1.25. The number of aliphatic hydroxyl groups excluding tert-OH is 1. The second kappa shape index (κ2) is 9.65. The summed E-state index contributed by atoms with van der Waals surface area (Å²) in [7, 11) is 0. The third kappa shape index (κ3) is 4.34. The van der Waals surface area contributed by atoms with E-state index in [2.05, 4.69) is 46.9 Å². The predicted molar refractivity (Wildman–Crippen MR) is 160 cm³/mol. The van der Waals surface area contributed by atoms with Crippen LogP contribution in [0.15, 0.2) is 0 Å². The lowest BCUT2D eigenvalue weighted by molar-refractivity contribution is -0.251. The van der Waals surface area contributed by atoms with Gasteiger partial charge in [-0.3, -0.25) is 4.79 Å². The maximum atomic E-state index is 13.0. The van der Waals surface area contributed by atoms with Gasteiger partial charge in [0.15, 0.2) is 0 Å². The summed E-state index contributed by atoms with van der Waals surface area (Å²) in [5.41, 5.74) is -0.929. The average molecular weight is 574 g/mol. The maximum Gasteiger partial charge on any atom is 0.323 e. The zero-order chi connectivity index (χ0) is 29.8. The van der Waals surface area contributed by atoms with Gasteiger partial charge in [0.1, 0.15) is 12.1 Å². The van der Waals surface area contributed by atoms with Crippen molar-refractivity contribution in [2.24, 2.45) is 45.3 Å². The lowest BCUT2D eigenvalue weighted by Gasteiger charge is -2.70. The molecule has 12 atom stereocenters. The van der Waals surface area contributed by atoms with Gasteiger partial charge < -0.3 is 25.0 Å². The Hall–Kier alpha value is -0.690. The minimum Gasteiger partial charge on any atom is -0.461 e. The van der Waals surface area contributed by atoms with Crippen LogP contribution in [0.3, 0.4) is 0 Å². The first kappa shape index (κ1) is 30.3. The summed E-state index contributed by atoms with van der Waals surface area (Å²) in [6, 6.07) is -0.140. The van der Waals surface area contributed by atoms with Crippen LogP contribution >= 0.6 is 0 Å². The monoisotopic (exact) mass is 573 g/mol. The standard InChI is InChI=1S/C35H59NO5/c1-30(2)24-12-17-33(6)25(32(24,5)15-13-26(30)40-29(38)22-10-9-19-36-22)20-23(37)28-21(11-16-34(28,33)7)35(8)18-14-27(41-35)31(3,4)39/h21-28,36-37,39H,9-20H2,1-8H3/t21-,22-,23+,24-,25+,26-,27+,28-,32-,33+,34+,35-/m0/s1. The van der Waals surface area contributed by atoms with Crippen molar-refractivity contribution in [1.82, 2.24) is 5.32 Å². The lowest BCUT2D eigenvalue weighted by Crippen LogP contribution is -2.66. The number of carbonyl (C=O) groups excluding carboxylic acids is 1. The van der Waals surface area contributed by atoms with Crippen molar-refractivity contribution >= 4 is 5.97 Å². The predicted octanol–water partition coefficient (Wildman–Crippen LogP) is 6.01. The highest BCUT2D eigenvalue weighted by Crippen LogP contribution is 2.76. The van der Waals surface area contributed by atoms with Crippen molar-refractivity contribution in [2.75, 3.05) is 6.54 Å². The molecule has 6 rings (SSSR count). The molecule has 0 radical (unpaired) electrons. The third-order valence-corrected chi connectivity index (χ3v) is 14.8. The molecule has 0 spiro atoms. The number of rotatable bonds is 4. The summed E-state index contributed by atoms with van der Waals surface area (Å²) >= 11 is 0. The highest BCUT2D eigenvalue weighted by molar-refractivity contribution is 5.76. The van der Waals surface area contributed by atoms with Crippen LogP contribution in [0.4, 0.5) is 0 Å². The summed E-state index contributed by atoms with van der Waals surface area (Å²) in [6.07, 6.45) is 10.6. The van der Waals surface area contributed by atoms with Crippen LogP contribution in [0.5, 0.6) is 0 Å². The fourth-order valence-electron chi connectivity index (χ4n) is 12.4. The van der Waals surface area contributed by atoms with Crippen LogP contribution in [0.1, 0.15) is 126 Å². The summed E-state index contributed by atoms with van der Waals surface area (Å²) in [6.45, 7) is 19.2. The van der Waals surface area contributed by atoms with Gasteiger partial charge in [-0.05, 0) is 138 Å². The normalized spacial score (nSPS) is 52.9. The van der Waals surface area contributed by atoms with E-state index in [0.717, 1.165) is 70.8 Å². The van der Waals surface area contributed by atoms with Crippen LogP contribution in [-0.4, -0.2) is 58.3 Å². The quantitative estimate of drug-likeness (QED) is 0.357. The van der Waals surface area contributed by atoms with Gasteiger partial charge >= 0.3 is 5.97 Å². The lowest BCUT2D eigenvalue weighted by atomic mass is 9.35. The van der Waals surface area contributed by atoms with Crippen LogP contribution in [0.2, 0.25) is 0 Å². The molecule has 0 aromatic rings. The van der Waals surface area contributed by atoms with E-state index in [9.17, 15) is 15.0 Å². The molecule has 0 amide bonds. The van der Waals surface area contributed by atoms with E-state index >= 15 is 0 Å². The van der Waals surface area contributed by atoms with Crippen molar-refractivity contribution in [3.63, 3.8) is 0 Å². The number of ether oxygens (including phenoxy) is 2. The molecular formula is C35H59NO5. The first-order valence-corrected chi connectivity index (χ1v) is 17.0. The minimum atomic E-state index is -0.845. The maximum absolute atomic E-state index is 13.0. The van der Waals surface area contributed by atoms with Crippen LogP contribution in [0, 0.1) is 45.3 Å². The molecular weight excluding hydrogens is 514 g/mol. The Labute approximate surface area is 249 Å².